The number of nitrogens with zero attached hydrogens (tertiary/aromatic N) is 1. The molecule has 4 rings (SSSR count). The van der Waals surface area contributed by atoms with Crippen molar-refractivity contribution in [3.8, 4) is 11.3 Å². The van der Waals surface area contributed by atoms with Gasteiger partial charge in [0.05, 0.1) is 24.1 Å². The van der Waals surface area contributed by atoms with Gasteiger partial charge in [0.1, 0.15) is 0 Å². The van der Waals surface area contributed by atoms with Crippen LogP contribution in [0.25, 0.3) is 11.3 Å². The van der Waals surface area contributed by atoms with E-state index in [0.717, 1.165) is 28.3 Å². The fourth-order valence-corrected chi connectivity index (χ4v) is 3.94. The first-order valence-electron chi connectivity index (χ1n) is 10.7. The number of methoxy groups -OCH3 is 1. The molecule has 4 N–H and O–H groups in total. The average molecular weight is 447 g/mol. The summed E-state index contributed by atoms with van der Waals surface area (Å²) in [6, 6.07) is 13.1. The zero-order valence-corrected chi connectivity index (χ0v) is 18.2. The second kappa shape index (κ2) is 9.99. The summed E-state index contributed by atoms with van der Waals surface area (Å²) in [7, 11) is 1.26. The number of pyridine rings is 1. The first-order valence-corrected chi connectivity index (χ1v) is 10.7. The van der Waals surface area contributed by atoms with Crippen molar-refractivity contribution in [3.05, 3.63) is 66.1 Å². The van der Waals surface area contributed by atoms with Crippen molar-refractivity contribution < 1.29 is 19.1 Å². The number of benzene rings is 1. The molecule has 1 atom stereocenters. The van der Waals surface area contributed by atoms with E-state index in [0.29, 0.717) is 12.0 Å². The molecule has 2 amide bonds. The molecule has 2 heterocycles. The summed E-state index contributed by atoms with van der Waals surface area (Å²) in [5.41, 5.74) is 4.68. The number of ketones is 1. The number of carbonyl (C=O) groups is 3. The summed E-state index contributed by atoms with van der Waals surface area (Å²) in [6.45, 7) is 0.157. The summed E-state index contributed by atoms with van der Waals surface area (Å²) in [6.07, 6.45) is 3.60. The molecule has 0 fully saturated rings. The molecule has 1 aromatic carbocycles. The molecule has 0 spiro atoms. The number of H-pyrrole nitrogens is 1. The van der Waals surface area contributed by atoms with Crippen LogP contribution in [-0.4, -0.2) is 47.4 Å². The minimum atomic E-state index is -0.589. The van der Waals surface area contributed by atoms with Crippen molar-refractivity contribution in [3.63, 3.8) is 0 Å². The fraction of sp³-hybridized carbons (Fsp3) is 0.250. The lowest BCUT2D eigenvalue weighted by molar-refractivity contribution is -0.121. The highest BCUT2D eigenvalue weighted by Gasteiger charge is 2.32. The number of ether oxygens (including phenoxy) is 1. The maximum Gasteiger partial charge on any atom is 0.406 e. The lowest BCUT2D eigenvalue weighted by Crippen LogP contribution is -2.41. The smallest absolute Gasteiger partial charge is 0.406 e. The van der Waals surface area contributed by atoms with Crippen molar-refractivity contribution in [2.75, 3.05) is 19.0 Å². The summed E-state index contributed by atoms with van der Waals surface area (Å²) in [5.74, 6) is -0.291. The Kier molecular flexibility index (Phi) is 6.68. The van der Waals surface area contributed by atoms with E-state index in [2.05, 4.69) is 30.7 Å². The Morgan fingerprint density at radius 1 is 1.12 bits per heavy atom. The minimum Gasteiger partial charge on any atom is -0.453 e. The Morgan fingerprint density at radius 2 is 1.88 bits per heavy atom. The molecule has 1 aliphatic carbocycles. The zero-order chi connectivity index (χ0) is 23.2. The number of nitrogens with one attached hydrogen (secondary N) is 4. The Labute approximate surface area is 191 Å². The molecule has 9 heteroatoms. The zero-order valence-electron chi connectivity index (χ0n) is 18.2. The topological polar surface area (TPSA) is 125 Å². The number of hydrogen-bond donors (Lipinski definition) is 4. The van der Waals surface area contributed by atoms with Crippen molar-refractivity contribution in [1.29, 1.82) is 0 Å². The van der Waals surface area contributed by atoms with Gasteiger partial charge in [-0.1, -0.05) is 18.2 Å². The van der Waals surface area contributed by atoms with E-state index < -0.39 is 6.09 Å². The first-order chi connectivity index (χ1) is 16.0. The number of alkyl carbamates (subject to hydrolysis) is 1. The van der Waals surface area contributed by atoms with E-state index in [1.54, 1.807) is 12.4 Å². The van der Waals surface area contributed by atoms with Crippen LogP contribution >= 0.6 is 0 Å². The number of Topliss-reactive ketones (excluding diaryl/α,β-unsaturated/α-hetero) is 1. The summed E-state index contributed by atoms with van der Waals surface area (Å²) < 4.78 is 4.49. The van der Waals surface area contributed by atoms with Crippen LogP contribution in [0.4, 0.5) is 16.2 Å². The van der Waals surface area contributed by atoms with Crippen molar-refractivity contribution in [2.24, 2.45) is 0 Å². The lowest BCUT2D eigenvalue weighted by Gasteiger charge is -2.23. The second-order valence-corrected chi connectivity index (χ2v) is 7.72. The third-order valence-corrected chi connectivity index (χ3v) is 5.42. The van der Waals surface area contributed by atoms with E-state index in [4.69, 9.17) is 0 Å². The van der Waals surface area contributed by atoms with Crippen LogP contribution in [0.3, 0.4) is 0 Å². The van der Waals surface area contributed by atoms with Gasteiger partial charge in [-0.3, -0.25) is 14.6 Å². The van der Waals surface area contributed by atoms with Gasteiger partial charge in [-0.25, -0.2) is 4.79 Å². The Bertz CT molecular complexity index is 1140. The van der Waals surface area contributed by atoms with Gasteiger partial charge in [0.25, 0.3) is 0 Å². The van der Waals surface area contributed by atoms with E-state index in [1.807, 2.05) is 42.5 Å². The number of rotatable bonds is 7. The average Bonchev–Trinajstić information content (AvgIpc) is 3.18. The molecule has 3 aromatic rings. The molecule has 2 aromatic heterocycles. The number of amides is 2. The number of anilines is 2. The van der Waals surface area contributed by atoms with E-state index in [1.165, 1.54) is 7.11 Å². The van der Waals surface area contributed by atoms with E-state index >= 15 is 0 Å². The number of fused-ring (bicyclic) bond motifs is 1. The van der Waals surface area contributed by atoms with Crippen LogP contribution < -0.4 is 16.0 Å². The van der Waals surface area contributed by atoms with Gasteiger partial charge >= 0.3 is 6.09 Å². The van der Waals surface area contributed by atoms with Crippen molar-refractivity contribution in [2.45, 2.75) is 25.3 Å². The van der Waals surface area contributed by atoms with Crippen LogP contribution in [0, 0.1) is 0 Å². The van der Waals surface area contributed by atoms with Crippen LogP contribution in [0.1, 0.15) is 28.9 Å². The highest BCUT2D eigenvalue weighted by molar-refractivity contribution is 6.08. The van der Waals surface area contributed by atoms with Crippen molar-refractivity contribution >= 4 is 29.2 Å². The normalized spacial score (nSPS) is 14.8. The summed E-state index contributed by atoms with van der Waals surface area (Å²) in [4.78, 5) is 44.1. The quantitative estimate of drug-likeness (QED) is 0.441. The fourth-order valence-electron chi connectivity index (χ4n) is 3.94. The molecule has 0 saturated heterocycles. The van der Waals surface area contributed by atoms with Crippen LogP contribution in [0.15, 0.2) is 54.9 Å². The molecule has 0 bridgehead atoms. The van der Waals surface area contributed by atoms with E-state index in [-0.39, 0.29) is 37.1 Å². The summed E-state index contributed by atoms with van der Waals surface area (Å²) >= 11 is 0. The molecule has 1 aliphatic rings. The monoisotopic (exact) mass is 447 g/mol. The molecule has 33 heavy (non-hydrogen) atoms. The third kappa shape index (κ3) is 5.20. The Morgan fingerprint density at radius 3 is 2.61 bits per heavy atom. The number of hydrogen-bond acceptors (Lipinski definition) is 6. The summed E-state index contributed by atoms with van der Waals surface area (Å²) in [5, 5.41) is 8.76. The number of carbonyl (C=O) groups excluding carboxylic acids is 3. The molecule has 170 valence electrons. The third-order valence-electron chi connectivity index (χ3n) is 5.42. The van der Waals surface area contributed by atoms with Gasteiger partial charge in [-0.05, 0) is 24.3 Å². The molecule has 9 nitrogen and oxygen atoms in total. The minimum absolute atomic E-state index is 0.0516. The van der Waals surface area contributed by atoms with E-state index in [9.17, 15) is 14.4 Å². The first kappa shape index (κ1) is 22.1. The van der Waals surface area contributed by atoms with Crippen LogP contribution in [-0.2, 0) is 16.0 Å². The molecular weight excluding hydrogens is 422 g/mol. The van der Waals surface area contributed by atoms with Gasteiger partial charge in [0.15, 0.2) is 5.78 Å². The predicted octanol–water partition coefficient (Wildman–Crippen LogP) is 3.18. The highest BCUT2D eigenvalue weighted by atomic mass is 16.5. The van der Waals surface area contributed by atoms with Gasteiger partial charge in [-0.15, -0.1) is 0 Å². The highest BCUT2D eigenvalue weighted by Crippen LogP contribution is 2.38. The Hall–Kier alpha value is -4.14. The van der Waals surface area contributed by atoms with Gasteiger partial charge in [-0.2, -0.15) is 0 Å². The second-order valence-electron chi connectivity index (χ2n) is 7.72. The van der Waals surface area contributed by atoms with Crippen LogP contribution in [0.2, 0.25) is 0 Å². The molecular formula is C24H25N5O4. The molecule has 1 unspecified atom stereocenters. The number of aromatic amines is 1. The lowest BCUT2D eigenvalue weighted by atomic mass is 9.91. The van der Waals surface area contributed by atoms with Crippen molar-refractivity contribution in [1.82, 2.24) is 20.6 Å². The molecule has 0 aliphatic heterocycles. The maximum absolute atomic E-state index is 13.2. The molecule has 0 radical (unpaired) electrons. The van der Waals surface area contributed by atoms with Gasteiger partial charge in [0.2, 0.25) is 5.91 Å². The number of para-hydroxylation sites is 1. The largest absolute Gasteiger partial charge is 0.453 e. The number of aromatic nitrogens is 2. The maximum atomic E-state index is 13.2. The predicted molar refractivity (Wildman–Crippen MR) is 123 cm³/mol. The molecule has 0 saturated carbocycles. The SMILES string of the molecule is COC(=O)NCCC(=O)NC1CC(=O)c2c([nH]c(-c3ccncc3)c2Nc2ccccc2)C1. The Balaban J connectivity index is 1.56. The van der Waals surface area contributed by atoms with Crippen LogP contribution in [0.5, 0.6) is 0 Å². The van der Waals surface area contributed by atoms with Gasteiger partial charge < -0.3 is 25.7 Å². The van der Waals surface area contributed by atoms with Gasteiger partial charge in [0, 0.05) is 61.2 Å². The standard InChI is InChI=1S/C24H25N5O4/c1-33-24(32)26-12-9-20(31)27-17-13-18-21(19(30)14-17)23(28-16-5-3-2-4-6-16)22(29-18)15-7-10-25-11-8-15/h2-8,10-11,17,28-29H,9,12-14H2,1H3,(H,26,32)(H,27,31).